The lowest BCUT2D eigenvalue weighted by molar-refractivity contribution is -0.137. The number of aliphatic carboxylic acids is 1. The molecule has 1 unspecified atom stereocenters. The first-order chi connectivity index (χ1) is 17.6. The molecule has 6 rings (SSSR count). The fourth-order valence-corrected chi connectivity index (χ4v) is 5.47. The van der Waals surface area contributed by atoms with Crippen LogP contribution in [0.2, 0.25) is 0 Å². The summed E-state index contributed by atoms with van der Waals surface area (Å²) in [4.78, 5) is 20.8. The highest BCUT2D eigenvalue weighted by molar-refractivity contribution is 7.16. The molecule has 0 spiro atoms. The number of pyridine rings is 1. The van der Waals surface area contributed by atoms with Crippen LogP contribution in [0.25, 0.3) is 21.1 Å². The molecule has 1 aliphatic heterocycles. The summed E-state index contributed by atoms with van der Waals surface area (Å²) in [6, 6.07) is 15.4. The SMILES string of the molecule is O=C(O)CC(c1ccc2ncsc2c1)n1ncc2cc(OCCc3ccc4c(n3)CCCN4)ccc21. The molecule has 1 aliphatic rings. The number of nitrogens with one attached hydrogen (secondary N) is 1. The van der Waals surface area contributed by atoms with Gasteiger partial charge in [-0.1, -0.05) is 6.07 Å². The highest BCUT2D eigenvalue weighted by Gasteiger charge is 2.21. The number of hydrogen-bond acceptors (Lipinski definition) is 7. The van der Waals surface area contributed by atoms with Gasteiger partial charge in [-0.15, -0.1) is 11.3 Å². The van der Waals surface area contributed by atoms with Gasteiger partial charge in [0.2, 0.25) is 0 Å². The Balaban J connectivity index is 1.20. The standard InChI is InChI=1S/C27H25N5O3S/c33-27(34)14-25(17-3-6-23-26(13-17)36-16-29-23)32-24-8-5-20(12-18(24)15-30-32)35-11-9-19-4-7-21-22(31-19)2-1-10-28-21/h3-8,12-13,15-16,25,28H,1-2,9-11,14H2,(H,33,34). The summed E-state index contributed by atoms with van der Waals surface area (Å²) in [6.45, 7) is 1.53. The van der Waals surface area contributed by atoms with Gasteiger partial charge in [0.25, 0.3) is 0 Å². The maximum absolute atomic E-state index is 11.7. The second-order valence-electron chi connectivity index (χ2n) is 8.93. The number of thiazole rings is 1. The van der Waals surface area contributed by atoms with Crippen molar-refractivity contribution < 1.29 is 14.6 Å². The lowest BCUT2D eigenvalue weighted by atomic mass is 10.0. The molecular formula is C27H25N5O3S. The average molecular weight is 500 g/mol. The van der Waals surface area contributed by atoms with Crippen molar-refractivity contribution in [2.45, 2.75) is 31.7 Å². The van der Waals surface area contributed by atoms with Gasteiger partial charge >= 0.3 is 5.97 Å². The molecule has 8 nitrogen and oxygen atoms in total. The molecule has 3 aromatic heterocycles. The van der Waals surface area contributed by atoms with Gasteiger partial charge in [0.15, 0.2) is 0 Å². The minimum atomic E-state index is -0.875. The van der Waals surface area contributed by atoms with Crippen LogP contribution in [0, 0.1) is 0 Å². The molecule has 0 radical (unpaired) electrons. The normalized spacial score (nSPS) is 13.9. The summed E-state index contributed by atoms with van der Waals surface area (Å²) >= 11 is 1.54. The molecule has 2 aromatic carbocycles. The van der Waals surface area contributed by atoms with Crippen LogP contribution in [0.1, 0.15) is 35.8 Å². The summed E-state index contributed by atoms with van der Waals surface area (Å²) in [7, 11) is 0. The monoisotopic (exact) mass is 499 g/mol. The number of aryl methyl sites for hydroxylation is 1. The molecule has 0 saturated heterocycles. The number of rotatable bonds is 8. The molecule has 0 bridgehead atoms. The first-order valence-corrected chi connectivity index (χ1v) is 12.9. The predicted octanol–water partition coefficient (Wildman–Crippen LogP) is 5.08. The number of anilines is 1. The van der Waals surface area contributed by atoms with Crippen LogP contribution in [0.4, 0.5) is 5.69 Å². The second kappa shape index (κ2) is 9.58. The zero-order valence-corrected chi connectivity index (χ0v) is 20.4. The predicted molar refractivity (Wildman–Crippen MR) is 140 cm³/mol. The number of ether oxygens (including phenoxy) is 1. The summed E-state index contributed by atoms with van der Waals surface area (Å²) in [5.41, 5.74) is 7.77. The highest BCUT2D eigenvalue weighted by atomic mass is 32.1. The second-order valence-corrected chi connectivity index (χ2v) is 9.81. The van der Waals surface area contributed by atoms with E-state index in [-0.39, 0.29) is 6.42 Å². The molecule has 2 N–H and O–H groups in total. The molecule has 0 aliphatic carbocycles. The quantitative estimate of drug-likeness (QED) is 0.307. The summed E-state index contributed by atoms with van der Waals surface area (Å²) in [5.74, 6) is -0.123. The number of fused-ring (bicyclic) bond motifs is 3. The van der Waals surface area contributed by atoms with Crippen molar-refractivity contribution in [3.63, 3.8) is 0 Å². The van der Waals surface area contributed by atoms with Crippen LogP contribution in [0.15, 0.2) is 60.2 Å². The van der Waals surface area contributed by atoms with E-state index in [0.29, 0.717) is 6.61 Å². The zero-order valence-electron chi connectivity index (χ0n) is 19.6. The first-order valence-electron chi connectivity index (χ1n) is 12.0. The van der Waals surface area contributed by atoms with Crippen molar-refractivity contribution in [3.05, 3.63) is 77.2 Å². The van der Waals surface area contributed by atoms with Crippen LogP contribution in [-0.4, -0.2) is 44.0 Å². The van der Waals surface area contributed by atoms with Crippen LogP contribution >= 0.6 is 11.3 Å². The third-order valence-electron chi connectivity index (χ3n) is 6.53. The van der Waals surface area contributed by atoms with Gasteiger partial charge in [0.05, 0.1) is 57.9 Å². The molecule has 0 saturated carbocycles. The summed E-state index contributed by atoms with van der Waals surface area (Å²) in [5, 5.41) is 18.5. The lowest BCUT2D eigenvalue weighted by Crippen LogP contribution is -2.16. The molecule has 1 atom stereocenters. The molecule has 5 aromatic rings. The Morgan fingerprint density at radius 1 is 1.19 bits per heavy atom. The average Bonchev–Trinajstić information content (AvgIpc) is 3.53. The molecule has 0 fully saturated rings. The Bertz CT molecular complexity index is 1560. The van der Waals surface area contributed by atoms with E-state index >= 15 is 0 Å². The largest absolute Gasteiger partial charge is 0.493 e. The van der Waals surface area contributed by atoms with E-state index in [0.717, 1.165) is 75.3 Å². The Morgan fingerprint density at radius 3 is 3.06 bits per heavy atom. The van der Waals surface area contributed by atoms with Gasteiger partial charge in [-0.05, 0) is 60.9 Å². The smallest absolute Gasteiger partial charge is 0.305 e. The minimum absolute atomic E-state index is 0.0668. The van der Waals surface area contributed by atoms with E-state index in [1.54, 1.807) is 27.7 Å². The summed E-state index contributed by atoms with van der Waals surface area (Å²) in [6.07, 6.45) is 4.55. The minimum Gasteiger partial charge on any atom is -0.493 e. The van der Waals surface area contributed by atoms with Gasteiger partial charge in [0, 0.05) is 24.0 Å². The van der Waals surface area contributed by atoms with E-state index in [2.05, 4.69) is 27.5 Å². The van der Waals surface area contributed by atoms with Crippen molar-refractivity contribution in [1.29, 1.82) is 0 Å². The number of carbonyl (C=O) groups is 1. The van der Waals surface area contributed by atoms with Crippen molar-refractivity contribution in [2.24, 2.45) is 0 Å². The molecule has 182 valence electrons. The van der Waals surface area contributed by atoms with Gasteiger partial charge < -0.3 is 15.2 Å². The number of benzene rings is 2. The van der Waals surface area contributed by atoms with Crippen molar-refractivity contribution in [3.8, 4) is 5.75 Å². The number of hydrogen-bond donors (Lipinski definition) is 2. The van der Waals surface area contributed by atoms with Crippen molar-refractivity contribution in [2.75, 3.05) is 18.5 Å². The fourth-order valence-electron chi connectivity index (χ4n) is 4.75. The highest BCUT2D eigenvalue weighted by Crippen LogP contribution is 2.31. The van der Waals surface area contributed by atoms with Crippen LogP contribution in [-0.2, 0) is 17.6 Å². The topological polar surface area (TPSA) is 102 Å². The zero-order chi connectivity index (χ0) is 24.5. The Labute approximate surface area is 211 Å². The van der Waals surface area contributed by atoms with Crippen LogP contribution < -0.4 is 10.1 Å². The Kier molecular flexibility index (Phi) is 5.98. The van der Waals surface area contributed by atoms with Crippen LogP contribution in [0.3, 0.4) is 0 Å². The van der Waals surface area contributed by atoms with Crippen LogP contribution in [0.5, 0.6) is 5.75 Å². The lowest BCUT2D eigenvalue weighted by Gasteiger charge is -2.18. The van der Waals surface area contributed by atoms with E-state index in [1.165, 1.54) is 0 Å². The van der Waals surface area contributed by atoms with Gasteiger partial charge in [-0.25, -0.2) is 4.98 Å². The van der Waals surface area contributed by atoms with E-state index in [4.69, 9.17) is 9.72 Å². The first kappa shape index (κ1) is 22.5. The molecule has 36 heavy (non-hydrogen) atoms. The number of carboxylic acid groups (broad SMARTS) is 1. The van der Waals surface area contributed by atoms with Gasteiger partial charge in [-0.2, -0.15) is 5.10 Å². The Hall–Kier alpha value is -3.98. The fraction of sp³-hybridized carbons (Fsp3) is 0.259. The van der Waals surface area contributed by atoms with Crippen molar-refractivity contribution >= 4 is 44.1 Å². The van der Waals surface area contributed by atoms with E-state index in [9.17, 15) is 9.90 Å². The third kappa shape index (κ3) is 4.49. The summed E-state index contributed by atoms with van der Waals surface area (Å²) < 4.78 is 8.85. The molecule has 9 heteroatoms. The van der Waals surface area contributed by atoms with Crippen molar-refractivity contribution in [1.82, 2.24) is 19.7 Å². The van der Waals surface area contributed by atoms with E-state index in [1.807, 2.05) is 36.4 Å². The number of nitrogens with zero attached hydrogens (tertiary/aromatic N) is 4. The number of carboxylic acids is 1. The van der Waals surface area contributed by atoms with Gasteiger partial charge in [0.1, 0.15) is 5.75 Å². The molecule has 0 amide bonds. The Morgan fingerprint density at radius 2 is 2.14 bits per heavy atom. The maximum atomic E-state index is 11.7. The maximum Gasteiger partial charge on any atom is 0.305 e. The molecular weight excluding hydrogens is 474 g/mol. The third-order valence-corrected chi connectivity index (χ3v) is 7.33. The van der Waals surface area contributed by atoms with Gasteiger partial charge in [-0.3, -0.25) is 14.5 Å². The number of aromatic nitrogens is 4. The van der Waals surface area contributed by atoms with E-state index < -0.39 is 12.0 Å². The molecule has 4 heterocycles.